The second kappa shape index (κ2) is 8.41. The number of aromatic nitrogens is 1. The number of rotatable bonds is 6. The molecule has 0 atom stereocenters. The zero-order valence-corrected chi connectivity index (χ0v) is 19.8. The van der Waals surface area contributed by atoms with Crippen LogP contribution in [0, 0.1) is 6.92 Å². The SMILES string of the molecule is Cc1cccc(CNc2nc(-c3ccc(C4(N)CC(C)(O)C4)cc3)c(-c3ccccc3)s2)c1. The van der Waals surface area contributed by atoms with Gasteiger partial charge in [0, 0.05) is 17.6 Å². The Balaban J connectivity index is 1.44. The summed E-state index contributed by atoms with van der Waals surface area (Å²) < 4.78 is 0. The number of nitrogens with zero attached hydrogens (tertiary/aromatic N) is 1. The molecule has 1 heterocycles. The lowest BCUT2D eigenvalue weighted by atomic mass is 9.63. The van der Waals surface area contributed by atoms with E-state index in [4.69, 9.17) is 10.7 Å². The Morgan fingerprint density at radius 1 is 0.970 bits per heavy atom. The number of anilines is 1. The molecule has 0 saturated heterocycles. The van der Waals surface area contributed by atoms with Crippen LogP contribution in [0.1, 0.15) is 36.5 Å². The van der Waals surface area contributed by atoms with Crippen molar-refractivity contribution >= 4 is 16.5 Å². The Labute approximate surface area is 199 Å². The molecular formula is C28H29N3OS. The van der Waals surface area contributed by atoms with E-state index in [0.717, 1.165) is 38.9 Å². The smallest absolute Gasteiger partial charge is 0.184 e. The predicted molar refractivity (Wildman–Crippen MR) is 137 cm³/mol. The van der Waals surface area contributed by atoms with Crippen molar-refractivity contribution in [2.75, 3.05) is 5.32 Å². The topological polar surface area (TPSA) is 71.2 Å². The Morgan fingerprint density at radius 3 is 2.36 bits per heavy atom. The molecule has 1 fully saturated rings. The van der Waals surface area contributed by atoms with Gasteiger partial charge in [0.15, 0.2) is 5.13 Å². The predicted octanol–water partition coefficient (Wildman–Crippen LogP) is 6.10. The maximum Gasteiger partial charge on any atom is 0.184 e. The van der Waals surface area contributed by atoms with E-state index in [1.807, 2.05) is 13.0 Å². The summed E-state index contributed by atoms with van der Waals surface area (Å²) in [5.41, 5.74) is 12.2. The first kappa shape index (κ1) is 21.8. The fraction of sp³-hybridized carbons (Fsp3) is 0.250. The molecule has 4 aromatic rings. The Bertz CT molecular complexity index is 1250. The molecule has 0 bridgehead atoms. The van der Waals surface area contributed by atoms with Crippen LogP contribution >= 0.6 is 11.3 Å². The van der Waals surface area contributed by atoms with Gasteiger partial charge in [-0.2, -0.15) is 0 Å². The number of nitrogens with two attached hydrogens (primary N) is 1. The van der Waals surface area contributed by atoms with Crippen LogP contribution < -0.4 is 11.1 Å². The van der Waals surface area contributed by atoms with Gasteiger partial charge in [-0.1, -0.05) is 95.8 Å². The van der Waals surface area contributed by atoms with Gasteiger partial charge in [0.25, 0.3) is 0 Å². The van der Waals surface area contributed by atoms with E-state index in [9.17, 15) is 5.11 Å². The Kier molecular flexibility index (Phi) is 5.57. The van der Waals surface area contributed by atoms with Gasteiger partial charge in [0.2, 0.25) is 0 Å². The van der Waals surface area contributed by atoms with Crippen molar-refractivity contribution in [3.8, 4) is 21.7 Å². The fourth-order valence-electron chi connectivity index (χ4n) is 4.85. The van der Waals surface area contributed by atoms with E-state index in [-0.39, 0.29) is 0 Å². The lowest BCUT2D eigenvalue weighted by Crippen LogP contribution is -2.58. The molecule has 3 aromatic carbocycles. The van der Waals surface area contributed by atoms with Crippen LogP contribution in [-0.2, 0) is 12.1 Å². The summed E-state index contributed by atoms with van der Waals surface area (Å²) in [6.07, 6.45) is 1.16. The number of benzene rings is 3. The third-order valence-electron chi connectivity index (χ3n) is 6.32. The summed E-state index contributed by atoms with van der Waals surface area (Å²) in [4.78, 5) is 6.12. The van der Waals surface area contributed by atoms with E-state index in [0.29, 0.717) is 12.8 Å². The fourth-order valence-corrected chi connectivity index (χ4v) is 5.84. The van der Waals surface area contributed by atoms with Crippen molar-refractivity contribution in [2.24, 2.45) is 5.73 Å². The molecule has 0 radical (unpaired) electrons. The molecule has 1 aliphatic rings. The molecule has 4 N–H and O–H groups in total. The van der Waals surface area contributed by atoms with Gasteiger partial charge in [0.1, 0.15) is 0 Å². The highest BCUT2D eigenvalue weighted by Crippen LogP contribution is 2.47. The van der Waals surface area contributed by atoms with Crippen molar-refractivity contribution in [3.63, 3.8) is 0 Å². The average Bonchev–Trinajstić information content (AvgIpc) is 3.21. The van der Waals surface area contributed by atoms with Crippen LogP contribution in [0.25, 0.3) is 21.7 Å². The third-order valence-corrected chi connectivity index (χ3v) is 7.38. The molecule has 4 nitrogen and oxygen atoms in total. The number of aliphatic hydroxyl groups is 1. The number of hydrogen-bond donors (Lipinski definition) is 3. The highest BCUT2D eigenvalue weighted by Gasteiger charge is 2.49. The van der Waals surface area contributed by atoms with Gasteiger partial charge in [-0.15, -0.1) is 0 Å². The lowest BCUT2D eigenvalue weighted by molar-refractivity contribution is -0.0738. The van der Waals surface area contributed by atoms with Gasteiger partial charge >= 0.3 is 0 Å². The number of nitrogens with one attached hydrogen (secondary N) is 1. The molecule has 5 rings (SSSR count). The number of thiazole rings is 1. The molecule has 0 aliphatic heterocycles. The Hall–Kier alpha value is -2.99. The maximum absolute atomic E-state index is 10.2. The number of hydrogen-bond acceptors (Lipinski definition) is 5. The quantitative estimate of drug-likeness (QED) is 0.329. The first-order valence-electron chi connectivity index (χ1n) is 11.3. The summed E-state index contributed by atoms with van der Waals surface area (Å²) in [6.45, 7) is 4.69. The molecule has 0 amide bonds. The molecule has 5 heteroatoms. The average molecular weight is 456 g/mol. The van der Waals surface area contributed by atoms with Gasteiger partial charge in [-0.25, -0.2) is 4.98 Å². The highest BCUT2D eigenvalue weighted by molar-refractivity contribution is 7.19. The van der Waals surface area contributed by atoms with Crippen molar-refractivity contribution in [2.45, 2.75) is 44.4 Å². The van der Waals surface area contributed by atoms with Gasteiger partial charge in [-0.3, -0.25) is 0 Å². The second-order valence-electron chi connectivity index (χ2n) is 9.49. The molecule has 168 valence electrons. The van der Waals surface area contributed by atoms with Crippen LogP contribution in [0.4, 0.5) is 5.13 Å². The molecule has 0 spiro atoms. The summed E-state index contributed by atoms with van der Waals surface area (Å²) in [5.74, 6) is 0. The van der Waals surface area contributed by atoms with E-state index in [1.54, 1.807) is 11.3 Å². The monoisotopic (exact) mass is 455 g/mol. The van der Waals surface area contributed by atoms with E-state index >= 15 is 0 Å². The van der Waals surface area contributed by atoms with Crippen molar-refractivity contribution in [1.82, 2.24) is 4.98 Å². The molecular weight excluding hydrogens is 426 g/mol. The first-order valence-corrected chi connectivity index (χ1v) is 12.1. The van der Waals surface area contributed by atoms with Crippen molar-refractivity contribution in [3.05, 3.63) is 95.6 Å². The Morgan fingerprint density at radius 2 is 1.70 bits per heavy atom. The highest BCUT2D eigenvalue weighted by atomic mass is 32.1. The zero-order chi connectivity index (χ0) is 23.1. The molecule has 33 heavy (non-hydrogen) atoms. The largest absolute Gasteiger partial charge is 0.390 e. The van der Waals surface area contributed by atoms with Crippen LogP contribution in [0.5, 0.6) is 0 Å². The minimum absolute atomic E-state index is 0.451. The van der Waals surface area contributed by atoms with Crippen molar-refractivity contribution < 1.29 is 5.11 Å². The van der Waals surface area contributed by atoms with Crippen LogP contribution in [-0.4, -0.2) is 15.7 Å². The first-order chi connectivity index (χ1) is 15.8. The molecule has 0 unspecified atom stereocenters. The normalized spacial score (nSPS) is 22.1. The summed E-state index contributed by atoms with van der Waals surface area (Å²) in [7, 11) is 0. The lowest BCUT2D eigenvalue weighted by Gasteiger charge is -2.49. The van der Waals surface area contributed by atoms with E-state index in [1.165, 1.54) is 11.1 Å². The van der Waals surface area contributed by atoms with E-state index in [2.05, 4.69) is 85.0 Å². The molecule has 1 saturated carbocycles. The second-order valence-corrected chi connectivity index (χ2v) is 10.5. The van der Waals surface area contributed by atoms with Gasteiger partial charge < -0.3 is 16.2 Å². The van der Waals surface area contributed by atoms with E-state index < -0.39 is 11.1 Å². The van der Waals surface area contributed by atoms with Crippen LogP contribution in [0.15, 0.2) is 78.9 Å². The minimum atomic E-state index is -0.666. The van der Waals surface area contributed by atoms with Crippen LogP contribution in [0.2, 0.25) is 0 Å². The maximum atomic E-state index is 10.2. The summed E-state index contributed by atoms with van der Waals surface area (Å²) in [6, 6.07) is 27.3. The zero-order valence-electron chi connectivity index (χ0n) is 19.0. The summed E-state index contributed by atoms with van der Waals surface area (Å²) in [5, 5.41) is 14.6. The molecule has 1 aliphatic carbocycles. The minimum Gasteiger partial charge on any atom is -0.390 e. The number of aryl methyl sites for hydroxylation is 1. The van der Waals surface area contributed by atoms with Crippen LogP contribution in [0.3, 0.4) is 0 Å². The van der Waals surface area contributed by atoms with Gasteiger partial charge in [0.05, 0.1) is 16.2 Å². The van der Waals surface area contributed by atoms with Crippen molar-refractivity contribution in [1.29, 1.82) is 0 Å². The summed E-state index contributed by atoms with van der Waals surface area (Å²) >= 11 is 1.68. The molecule has 1 aromatic heterocycles. The standard InChI is InChI=1S/C28H29N3OS/c1-19-7-6-8-20(15-19)16-30-26-31-24(25(33-26)22-9-4-3-5-10-22)21-11-13-23(14-12-21)28(29)17-27(2,32)18-28/h3-15,32H,16-18,29H2,1-2H3,(H,30,31). The van der Waals surface area contributed by atoms with Gasteiger partial charge in [-0.05, 0) is 43.4 Å². The third kappa shape index (κ3) is 4.58.